The Morgan fingerprint density at radius 1 is 1.45 bits per heavy atom. The van der Waals surface area contributed by atoms with Crippen molar-refractivity contribution in [2.45, 2.75) is 6.18 Å². The van der Waals surface area contributed by atoms with Gasteiger partial charge in [0.1, 0.15) is 0 Å². The first-order valence-corrected chi connectivity index (χ1v) is 6.27. The molecular formula is C12H12F3N3OS. The molecule has 2 rings (SSSR count). The number of anilines is 1. The molecule has 1 aromatic carbocycles. The number of thiocarbonyl (C=S) groups is 1. The van der Waals surface area contributed by atoms with Gasteiger partial charge < -0.3 is 15.5 Å². The van der Waals surface area contributed by atoms with E-state index in [0.29, 0.717) is 18.2 Å². The first-order valence-electron chi connectivity index (χ1n) is 5.86. The van der Waals surface area contributed by atoms with E-state index < -0.39 is 17.6 Å². The zero-order valence-electron chi connectivity index (χ0n) is 10.3. The molecule has 0 aromatic heterocycles. The van der Waals surface area contributed by atoms with Crippen molar-refractivity contribution in [3.8, 4) is 0 Å². The second kappa shape index (κ2) is 5.66. The molecule has 0 radical (unpaired) electrons. The second-order valence-electron chi connectivity index (χ2n) is 4.28. The number of nitrogens with zero attached hydrogens (tertiary/aromatic N) is 1. The third-order valence-corrected chi connectivity index (χ3v) is 3.16. The summed E-state index contributed by atoms with van der Waals surface area (Å²) in [6, 6.07) is 4.52. The molecule has 8 heteroatoms. The molecule has 4 nitrogen and oxygen atoms in total. The fraction of sp³-hybridized carbons (Fsp3) is 0.333. The van der Waals surface area contributed by atoms with Gasteiger partial charge in [0.25, 0.3) is 0 Å². The van der Waals surface area contributed by atoms with E-state index >= 15 is 0 Å². The molecule has 1 aromatic rings. The van der Waals surface area contributed by atoms with Crippen LogP contribution in [0.5, 0.6) is 0 Å². The minimum atomic E-state index is -4.43. The Labute approximate surface area is 118 Å². The Morgan fingerprint density at radius 3 is 2.80 bits per heavy atom. The molecule has 0 spiro atoms. The van der Waals surface area contributed by atoms with E-state index in [-0.39, 0.29) is 12.2 Å². The largest absolute Gasteiger partial charge is 0.416 e. The van der Waals surface area contributed by atoms with Crippen molar-refractivity contribution in [3.05, 3.63) is 29.8 Å². The molecule has 1 amide bonds. The number of halogens is 3. The molecule has 0 atom stereocenters. The molecule has 0 unspecified atom stereocenters. The van der Waals surface area contributed by atoms with Gasteiger partial charge in [-0.3, -0.25) is 4.79 Å². The lowest BCUT2D eigenvalue weighted by molar-refractivity contribution is -0.137. The van der Waals surface area contributed by atoms with Crippen LogP contribution in [-0.4, -0.2) is 35.6 Å². The smallest absolute Gasteiger partial charge is 0.361 e. The Bertz CT molecular complexity index is 533. The average molecular weight is 303 g/mol. The predicted molar refractivity (Wildman–Crippen MR) is 72.2 cm³/mol. The van der Waals surface area contributed by atoms with Crippen LogP contribution in [0.25, 0.3) is 0 Å². The van der Waals surface area contributed by atoms with E-state index in [4.69, 9.17) is 12.2 Å². The topological polar surface area (TPSA) is 44.4 Å². The van der Waals surface area contributed by atoms with Crippen molar-refractivity contribution in [2.24, 2.45) is 0 Å². The van der Waals surface area contributed by atoms with E-state index in [2.05, 4.69) is 10.6 Å². The van der Waals surface area contributed by atoms with Gasteiger partial charge in [-0.25, -0.2) is 0 Å². The summed E-state index contributed by atoms with van der Waals surface area (Å²) in [7, 11) is 0. The Kier molecular flexibility index (Phi) is 4.12. The number of carbonyl (C=O) groups is 1. The van der Waals surface area contributed by atoms with Gasteiger partial charge in [-0.2, -0.15) is 13.2 Å². The summed E-state index contributed by atoms with van der Waals surface area (Å²) in [4.78, 5) is 13.4. The number of hydrogen-bond donors (Lipinski definition) is 2. The first kappa shape index (κ1) is 14.6. The maximum absolute atomic E-state index is 12.5. The minimum Gasteiger partial charge on any atom is -0.361 e. The number of nitrogens with one attached hydrogen (secondary N) is 2. The molecule has 0 bridgehead atoms. The van der Waals surface area contributed by atoms with Crippen LogP contribution in [0.2, 0.25) is 0 Å². The van der Waals surface area contributed by atoms with Crippen molar-refractivity contribution in [1.29, 1.82) is 0 Å². The van der Waals surface area contributed by atoms with Crippen molar-refractivity contribution in [2.75, 3.05) is 25.0 Å². The van der Waals surface area contributed by atoms with Gasteiger partial charge in [0.05, 0.1) is 12.1 Å². The maximum atomic E-state index is 12.5. The van der Waals surface area contributed by atoms with Crippen LogP contribution < -0.4 is 10.6 Å². The summed E-state index contributed by atoms with van der Waals surface area (Å²) in [6.07, 6.45) is -4.43. The van der Waals surface area contributed by atoms with E-state index in [1.165, 1.54) is 12.1 Å². The molecule has 1 fully saturated rings. The molecule has 1 saturated heterocycles. The Balaban J connectivity index is 1.99. The van der Waals surface area contributed by atoms with E-state index in [9.17, 15) is 18.0 Å². The summed E-state index contributed by atoms with van der Waals surface area (Å²) in [6.45, 7) is 1.28. The zero-order chi connectivity index (χ0) is 14.8. The highest BCUT2D eigenvalue weighted by molar-refractivity contribution is 7.80. The van der Waals surface area contributed by atoms with Gasteiger partial charge in [-0.05, 0) is 30.4 Å². The number of rotatable bonds is 3. The molecule has 2 N–H and O–H groups in total. The van der Waals surface area contributed by atoms with Crippen LogP contribution in [0, 0.1) is 0 Å². The summed E-state index contributed by atoms with van der Waals surface area (Å²) in [5.41, 5.74) is -0.684. The lowest BCUT2D eigenvalue weighted by atomic mass is 10.2. The zero-order valence-corrected chi connectivity index (χ0v) is 11.1. The molecule has 1 aliphatic heterocycles. The van der Waals surface area contributed by atoms with Crippen LogP contribution in [0.15, 0.2) is 24.3 Å². The van der Waals surface area contributed by atoms with Gasteiger partial charge in [-0.1, -0.05) is 6.07 Å². The van der Waals surface area contributed by atoms with E-state index in [1.54, 1.807) is 4.90 Å². The highest BCUT2D eigenvalue weighted by Gasteiger charge is 2.30. The SMILES string of the molecule is O=C(CN1CCNC1=S)Nc1cccc(C(F)(F)F)c1. The quantitative estimate of drug-likeness (QED) is 0.836. The molecule has 108 valence electrons. The minimum absolute atomic E-state index is 0.0160. The van der Waals surface area contributed by atoms with Gasteiger partial charge in [0.2, 0.25) is 5.91 Å². The van der Waals surface area contributed by atoms with Crippen LogP contribution >= 0.6 is 12.2 Å². The third-order valence-electron chi connectivity index (χ3n) is 2.75. The van der Waals surface area contributed by atoms with Crippen molar-refractivity contribution in [3.63, 3.8) is 0 Å². The molecule has 0 saturated carbocycles. The summed E-state index contributed by atoms with van der Waals surface area (Å²) in [5, 5.41) is 5.81. The number of benzene rings is 1. The van der Waals surface area contributed by atoms with Crippen LogP contribution in [0.4, 0.5) is 18.9 Å². The predicted octanol–water partition coefficient (Wildman–Crippen LogP) is 1.83. The average Bonchev–Trinajstić information content (AvgIpc) is 2.74. The summed E-state index contributed by atoms with van der Waals surface area (Å²) < 4.78 is 37.6. The van der Waals surface area contributed by atoms with Crippen LogP contribution in [0.1, 0.15) is 5.56 Å². The van der Waals surface area contributed by atoms with Crippen molar-refractivity contribution < 1.29 is 18.0 Å². The monoisotopic (exact) mass is 303 g/mol. The molecule has 1 aliphatic rings. The molecule has 20 heavy (non-hydrogen) atoms. The lowest BCUT2D eigenvalue weighted by Crippen LogP contribution is -2.35. The Morgan fingerprint density at radius 2 is 2.20 bits per heavy atom. The van der Waals surface area contributed by atoms with Gasteiger partial charge in [-0.15, -0.1) is 0 Å². The van der Waals surface area contributed by atoms with E-state index in [1.807, 2.05) is 0 Å². The van der Waals surface area contributed by atoms with Crippen LogP contribution in [0.3, 0.4) is 0 Å². The van der Waals surface area contributed by atoms with Crippen molar-refractivity contribution >= 4 is 28.9 Å². The number of alkyl halides is 3. The third kappa shape index (κ3) is 3.60. The fourth-order valence-corrected chi connectivity index (χ4v) is 2.07. The van der Waals surface area contributed by atoms with Crippen LogP contribution in [-0.2, 0) is 11.0 Å². The van der Waals surface area contributed by atoms with E-state index in [0.717, 1.165) is 12.1 Å². The highest BCUT2D eigenvalue weighted by Crippen LogP contribution is 2.30. The molecular weight excluding hydrogens is 291 g/mol. The summed E-state index contributed by atoms with van der Waals surface area (Å²) >= 11 is 4.98. The van der Waals surface area contributed by atoms with Gasteiger partial charge >= 0.3 is 6.18 Å². The second-order valence-corrected chi connectivity index (χ2v) is 4.67. The van der Waals surface area contributed by atoms with Gasteiger partial charge in [0, 0.05) is 18.8 Å². The molecule has 0 aliphatic carbocycles. The highest BCUT2D eigenvalue weighted by atomic mass is 32.1. The number of amides is 1. The van der Waals surface area contributed by atoms with Gasteiger partial charge in [0.15, 0.2) is 5.11 Å². The fourth-order valence-electron chi connectivity index (χ4n) is 1.81. The standard InChI is InChI=1S/C12H12F3N3OS/c13-12(14,15)8-2-1-3-9(6-8)17-10(19)7-18-5-4-16-11(18)20/h1-3,6H,4-5,7H2,(H,16,20)(H,17,19). The number of hydrogen-bond acceptors (Lipinski definition) is 2. The summed E-state index contributed by atoms with van der Waals surface area (Å²) in [5.74, 6) is -0.407. The lowest BCUT2D eigenvalue weighted by Gasteiger charge is -2.16. The van der Waals surface area contributed by atoms with Crippen molar-refractivity contribution in [1.82, 2.24) is 10.2 Å². The molecule has 1 heterocycles. The normalized spacial score (nSPS) is 15.2. The Hall–Kier alpha value is -1.83. The maximum Gasteiger partial charge on any atom is 0.416 e. The number of carbonyl (C=O) groups excluding carboxylic acids is 1. The first-order chi connectivity index (χ1) is 9.36.